The average Bonchev–Trinajstić information content (AvgIpc) is 2.01. The SMILES string of the molecule is O=C(O)CCC[SiH2]CCCC(=O)O. The first-order chi connectivity index (χ1) is 6.13. The highest BCUT2D eigenvalue weighted by molar-refractivity contribution is 6.35. The highest BCUT2D eigenvalue weighted by atomic mass is 28.2. The predicted octanol–water partition coefficient (Wildman–Crippen LogP) is 0.721. The number of hydrogen-bond acceptors (Lipinski definition) is 2. The molecule has 0 fully saturated rings. The summed E-state index contributed by atoms with van der Waals surface area (Å²) >= 11 is 0. The van der Waals surface area contributed by atoms with Crippen molar-refractivity contribution >= 4 is 21.5 Å². The lowest BCUT2D eigenvalue weighted by Gasteiger charge is -1.96. The molecular weight excluding hydrogens is 188 g/mol. The zero-order valence-electron chi connectivity index (χ0n) is 7.66. The number of carboxylic acids is 2. The summed E-state index contributed by atoms with van der Waals surface area (Å²) in [5, 5.41) is 16.7. The lowest BCUT2D eigenvalue weighted by Crippen LogP contribution is -1.98. The largest absolute Gasteiger partial charge is 0.481 e. The first-order valence-corrected chi connectivity index (χ1v) is 6.56. The lowest BCUT2D eigenvalue weighted by molar-refractivity contribution is -0.138. The van der Waals surface area contributed by atoms with Crippen LogP contribution < -0.4 is 0 Å². The molecule has 0 aromatic rings. The third kappa shape index (κ3) is 11.2. The van der Waals surface area contributed by atoms with E-state index in [4.69, 9.17) is 10.2 Å². The van der Waals surface area contributed by atoms with Crippen molar-refractivity contribution in [1.82, 2.24) is 0 Å². The highest BCUT2D eigenvalue weighted by Gasteiger charge is 1.98. The van der Waals surface area contributed by atoms with Crippen LogP contribution >= 0.6 is 0 Å². The Hall–Kier alpha value is -0.843. The Morgan fingerprint density at radius 2 is 1.31 bits per heavy atom. The smallest absolute Gasteiger partial charge is 0.303 e. The van der Waals surface area contributed by atoms with Gasteiger partial charge in [-0.05, 0) is 12.8 Å². The fourth-order valence-electron chi connectivity index (χ4n) is 1.08. The van der Waals surface area contributed by atoms with E-state index in [1.54, 1.807) is 0 Å². The van der Waals surface area contributed by atoms with E-state index in [1.807, 2.05) is 0 Å². The maximum Gasteiger partial charge on any atom is 0.303 e. The minimum atomic E-state index is -0.737. The molecule has 0 spiro atoms. The summed E-state index contributed by atoms with van der Waals surface area (Å²) in [7, 11) is -0.201. The van der Waals surface area contributed by atoms with Gasteiger partial charge in [-0.1, -0.05) is 12.1 Å². The van der Waals surface area contributed by atoms with Gasteiger partial charge in [0.05, 0.1) is 0 Å². The molecule has 0 aromatic heterocycles. The van der Waals surface area contributed by atoms with Gasteiger partial charge in [0.25, 0.3) is 0 Å². The van der Waals surface area contributed by atoms with Crippen molar-refractivity contribution in [2.24, 2.45) is 0 Å². The van der Waals surface area contributed by atoms with Crippen LogP contribution in [0.15, 0.2) is 0 Å². The summed E-state index contributed by atoms with van der Waals surface area (Å²) in [5.41, 5.74) is 0. The standard InChI is InChI=1S/C8H16O4Si/c9-7(10)3-1-5-13-6-2-4-8(11)12/h1-6,13H2,(H,9,10)(H,11,12). The van der Waals surface area contributed by atoms with E-state index < -0.39 is 11.9 Å². The van der Waals surface area contributed by atoms with E-state index in [1.165, 1.54) is 0 Å². The van der Waals surface area contributed by atoms with Gasteiger partial charge < -0.3 is 10.2 Å². The molecule has 4 nitrogen and oxygen atoms in total. The Labute approximate surface area is 79.8 Å². The summed E-state index contributed by atoms with van der Waals surface area (Å²) in [5.74, 6) is -1.47. The van der Waals surface area contributed by atoms with Crippen LogP contribution in [0.3, 0.4) is 0 Å². The number of hydrogen-bond donors (Lipinski definition) is 2. The zero-order chi connectivity index (χ0) is 10.1. The van der Waals surface area contributed by atoms with Crippen LogP contribution in [-0.2, 0) is 9.59 Å². The van der Waals surface area contributed by atoms with Gasteiger partial charge in [-0.2, -0.15) is 0 Å². The molecule has 0 heterocycles. The lowest BCUT2D eigenvalue weighted by atomic mass is 10.3. The van der Waals surface area contributed by atoms with E-state index >= 15 is 0 Å². The van der Waals surface area contributed by atoms with Gasteiger partial charge in [0.2, 0.25) is 0 Å². The van der Waals surface area contributed by atoms with Gasteiger partial charge in [0.1, 0.15) is 0 Å². The monoisotopic (exact) mass is 204 g/mol. The Kier molecular flexibility index (Phi) is 7.28. The van der Waals surface area contributed by atoms with Crippen molar-refractivity contribution in [3.05, 3.63) is 0 Å². The Balaban J connectivity index is 3.00. The molecule has 5 heteroatoms. The van der Waals surface area contributed by atoms with Crippen LogP contribution in [0.1, 0.15) is 25.7 Å². The van der Waals surface area contributed by atoms with Crippen molar-refractivity contribution in [3.63, 3.8) is 0 Å². The predicted molar refractivity (Wildman–Crippen MR) is 51.9 cm³/mol. The minimum Gasteiger partial charge on any atom is -0.481 e. The van der Waals surface area contributed by atoms with Crippen LogP contribution in [-0.4, -0.2) is 31.7 Å². The number of carboxylic acid groups (broad SMARTS) is 2. The molecule has 0 aliphatic carbocycles. The third-order valence-corrected chi connectivity index (χ3v) is 3.78. The minimum absolute atomic E-state index is 0.201. The van der Waals surface area contributed by atoms with Gasteiger partial charge >= 0.3 is 11.9 Å². The fraction of sp³-hybridized carbons (Fsp3) is 0.750. The maximum absolute atomic E-state index is 10.1. The van der Waals surface area contributed by atoms with E-state index in [0.29, 0.717) is 0 Å². The van der Waals surface area contributed by atoms with Crippen LogP contribution in [0.4, 0.5) is 0 Å². The molecule has 0 atom stereocenters. The number of aliphatic carboxylic acids is 2. The van der Waals surface area contributed by atoms with Crippen LogP contribution in [0.2, 0.25) is 12.1 Å². The molecule has 0 unspecified atom stereocenters. The summed E-state index contributed by atoms with van der Waals surface area (Å²) in [6.45, 7) is 0. The Morgan fingerprint density at radius 3 is 1.62 bits per heavy atom. The molecule has 0 radical (unpaired) electrons. The summed E-state index contributed by atoms with van der Waals surface area (Å²) in [4.78, 5) is 20.2. The summed E-state index contributed by atoms with van der Waals surface area (Å²) in [6.07, 6.45) is 2.03. The van der Waals surface area contributed by atoms with Crippen molar-refractivity contribution in [1.29, 1.82) is 0 Å². The molecule has 2 N–H and O–H groups in total. The van der Waals surface area contributed by atoms with Crippen LogP contribution in [0.25, 0.3) is 0 Å². The molecule has 0 aliphatic rings. The van der Waals surface area contributed by atoms with Crippen molar-refractivity contribution in [2.75, 3.05) is 0 Å². The molecule has 0 rings (SSSR count). The van der Waals surface area contributed by atoms with E-state index in [-0.39, 0.29) is 22.4 Å². The maximum atomic E-state index is 10.1. The summed E-state index contributed by atoms with van der Waals surface area (Å²) in [6, 6.07) is 2.04. The second kappa shape index (κ2) is 7.79. The average molecular weight is 204 g/mol. The van der Waals surface area contributed by atoms with Gasteiger partial charge in [-0.3, -0.25) is 9.59 Å². The topological polar surface area (TPSA) is 74.6 Å². The second-order valence-electron chi connectivity index (χ2n) is 3.06. The van der Waals surface area contributed by atoms with E-state index in [2.05, 4.69) is 0 Å². The quantitative estimate of drug-likeness (QED) is 0.451. The van der Waals surface area contributed by atoms with Gasteiger partial charge in [0, 0.05) is 22.4 Å². The van der Waals surface area contributed by atoms with Crippen molar-refractivity contribution in [2.45, 2.75) is 37.8 Å². The van der Waals surface area contributed by atoms with Gasteiger partial charge in [-0.25, -0.2) is 0 Å². The number of carbonyl (C=O) groups is 2. The molecule has 0 aliphatic heterocycles. The molecule has 76 valence electrons. The molecule has 0 amide bonds. The number of rotatable bonds is 8. The normalized spacial score (nSPS) is 9.85. The molecule has 0 saturated carbocycles. The molecule has 0 saturated heterocycles. The summed E-state index contributed by atoms with van der Waals surface area (Å²) < 4.78 is 0. The first-order valence-electron chi connectivity index (χ1n) is 4.56. The van der Waals surface area contributed by atoms with Crippen molar-refractivity contribution < 1.29 is 19.8 Å². The Bertz CT molecular complexity index is 152. The zero-order valence-corrected chi connectivity index (χ0v) is 9.07. The third-order valence-electron chi connectivity index (χ3n) is 1.78. The molecule has 13 heavy (non-hydrogen) atoms. The fourth-order valence-corrected chi connectivity index (χ4v) is 2.64. The van der Waals surface area contributed by atoms with Crippen molar-refractivity contribution in [3.8, 4) is 0 Å². The van der Waals surface area contributed by atoms with Gasteiger partial charge in [0.15, 0.2) is 0 Å². The highest BCUT2D eigenvalue weighted by Crippen LogP contribution is 2.01. The molecular formula is C8H16O4Si. The Morgan fingerprint density at radius 1 is 0.923 bits per heavy atom. The second-order valence-corrected chi connectivity index (χ2v) is 5.18. The van der Waals surface area contributed by atoms with Crippen LogP contribution in [0.5, 0.6) is 0 Å². The van der Waals surface area contributed by atoms with Crippen LogP contribution in [0, 0.1) is 0 Å². The van der Waals surface area contributed by atoms with E-state index in [0.717, 1.165) is 24.9 Å². The van der Waals surface area contributed by atoms with E-state index in [9.17, 15) is 9.59 Å². The molecule has 0 bridgehead atoms. The first kappa shape index (κ1) is 12.2. The molecule has 0 aromatic carbocycles. The van der Waals surface area contributed by atoms with Gasteiger partial charge in [-0.15, -0.1) is 0 Å².